The molecule has 3 heterocycles. The highest BCUT2D eigenvalue weighted by Crippen LogP contribution is 2.47. The Labute approximate surface area is 129 Å². The SMILES string of the molecule is CC[C@@]1(N=[N+]=[N-])O[C@@H](n2ccc(=O)[nH]c2=O)C2O[C@@H](OC)O[C@@H]21. The van der Waals surface area contributed by atoms with Crippen LogP contribution in [-0.4, -0.2) is 41.1 Å². The predicted octanol–water partition coefficient (Wildman–Crippen LogP) is 0.196. The lowest BCUT2D eigenvalue weighted by Crippen LogP contribution is -2.39. The fraction of sp³-hybridized carbons (Fsp3) is 0.667. The molecule has 0 saturated carbocycles. The van der Waals surface area contributed by atoms with E-state index < -0.39 is 41.9 Å². The van der Waals surface area contributed by atoms with Crippen molar-refractivity contribution in [2.24, 2.45) is 5.11 Å². The van der Waals surface area contributed by atoms with Gasteiger partial charge in [0.15, 0.2) is 12.0 Å². The van der Waals surface area contributed by atoms with Gasteiger partial charge in [-0.25, -0.2) is 4.79 Å². The molecule has 5 atom stereocenters. The summed E-state index contributed by atoms with van der Waals surface area (Å²) < 4.78 is 23.2. The number of H-pyrrole nitrogens is 1. The van der Waals surface area contributed by atoms with Crippen molar-refractivity contribution >= 4 is 0 Å². The molecule has 3 rings (SSSR count). The fourth-order valence-electron chi connectivity index (χ4n) is 2.82. The summed E-state index contributed by atoms with van der Waals surface area (Å²) >= 11 is 0. The number of aromatic amines is 1. The number of ether oxygens (including phenoxy) is 4. The molecule has 0 bridgehead atoms. The van der Waals surface area contributed by atoms with E-state index in [9.17, 15) is 9.59 Å². The number of nitrogens with one attached hydrogen (secondary N) is 1. The third kappa shape index (κ3) is 2.44. The lowest BCUT2D eigenvalue weighted by molar-refractivity contribution is -0.268. The third-order valence-corrected chi connectivity index (χ3v) is 3.91. The Bertz CT molecular complexity index is 755. The van der Waals surface area contributed by atoms with Crippen LogP contribution < -0.4 is 11.2 Å². The van der Waals surface area contributed by atoms with Gasteiger partial charge in [-0.15, -0.1) is 0 Å². The average molecular weight is 325 g/mol. The molecule has 1 aromatic heterocycles. The molecule has 2 aliphatic rings. The molecule has 2 fully saturated rings. The van der Waals surface area contributed by atoms with Gasteiger partial charge in [0.1, 0.15) is 12.2 Å². The molecule has 23 heavy (non-hydrogen) atoms. The van der Waals surface area contributed by atoms with E-state index in [4.69, 9.17) is 24.5 Å². The van der Waals surface area contributed by atoms with Crippen molar-refractivity contribution in [3.8, 4) is 0 Å². The first-order valence-electron chi connectivity index (χ1n) is 6.94. The highest BCUT2D eigenvalue weighted by Gasteiger charge is 2.61. The predicted molar refractivity (Wildman–Crippen MR) is 74.2 cm³/mol. The van der Waals surface area contributed by atoms with E-state index in [0.717, 1.165) is 4.57 Å². The topological polar surface area (TPSA) is 141 Å². The summed E-state index contributed by atoms with van der Waals surface area (Å²) in [5.74, 6) is 0. The van der Waals surface area contributed by atoms with Crippen LogP contribution in [0.5, 0.6) is 0 Å². The molecule has 0 radical (unpaired) electrons. The van der Waals surface area contributed by atoms with E-state index in [1.807, 2.05) is 0 Å². The van der Waals surface area contributed by atoms with Crippen LogP contribution in [0.3, 0.4) is 0 Å². The summed E-state index contributed by atoms with van der Waals surface area (Å²) in [5.41, 5.74) is 6.31. The molecule has 0 aliphatic carbocycles. The summed E-state index contributed by atoms with van der Waals surface area (Å²) in [5, 5.41) is 3.72. The van der Waals surface area contributed by atoms with Crippen LogP contribution in [0.1, 0.15) is 19.6 Å². The van der Waals surface area contributed by atoms with Crippen LogP contribution in [0.25, 0.3) is 10.4 Å². The number of azide groups is 1. The maximum atomic E-state index is 12.0. The molecule has 1 unspecified atom stereocenters. The van der Waals surface area contributed by atoms with Crippen LogP contribution in [0, 0.1) is 0 Å². The molecule has 11 heteroatoms. The molecule has 0 amide bonds. The fourth-order valence-corrected chi connectivity index (χ4v) is 2.82. The number of fused-ring (bicyclic) bond motifs is 1. The maximum Gasteiger partial charge on any atom is 0.330 e. The van der Waals surface area contributed by atoms with Gasteiger partial charge in [0.25, 0.3) is 12.0 Å². The van der Waals surface area contributed by atoms with E-state index in [2.05, 4.69) is 15.0 Å². The zero-order chi connectivity index (χ0) is 16.6. The van der Waals surface area contributed by atoms with Gasteiger partial charge in [-0.3, -0.25) is 14.3 Å². The van der Waals surface area contributed by atoms with Crippen LogP contribution >= 0.6 is 0 Å². The van der Waals surface area contributed by atoms with E-state index in [-0.39, 0.29) is 0 Å². The minimum atomic E-state index is -1.34. The smallest absolute Gasteiger partial charge is 0.330 e. The van der Waals surface area contributed by atoms with Gasteiger partial charge in [0.05, 0.1) is 0 Å². The molecule has 0 aromatic carbocycles. The van der Waals surface area contributed by atoms with Gasteiger partial charge in [0.2, 0.25) is 0 Å². The first-order valence-corrected chi connectivity index (χ1v) is 6.94. The number of methoxy groups -OCH3 is 1. The van der Waals surface area contributed by atoms with Crippen molar-refractivity contribution in [2.75, 3.05) is 7.11 Å². The van der Waals surface area contributed by atoms with Crippen molar-refractivity contribution < 1.29 is 18.9 Å². The molecule has 2 saturated heterocycles. The summed E-state index contributed by atoms with van der Waals surface area (Å²) in [7, 11) is 1.40. The zero-order valence-corrected chi connectivity index (χ0v) is 12.4. The van der Waals surface area contributed by atoms with E-state index >= 15 is 0 Å². The molecular formula is C12H15N5O6. The Morgan fingerprint density at radius 3 is 2.91 bits per heavy atom. The monoisotopic (exact) mass is 325 g/mol. The second-order valence-electron chi connectivity index (χ2n) is 5.10. The van der Waals surface area contributed by atoms with Crippen molar-refractivity contribution in [1.82, 2.24) is 9.55 Å². The normalized spacial score (nSPS) is 35.7. The van der Waals surface area contributed by atoms with Gasteiger partial charge < -0.3 is 18.9 Å². The summed E-state index contributed by atoms with van der Waals surface area (Å²) in [6, 6.07) is 1.18. The van der Waals surface area contributed by atoms with Gasteiger partial charge in [-0.05, 0) is 12.0 Å². The molecule has 1 N–H and O–H groups in total. The number of rotatable bonds is 4. The molecule has 124 valence electrons. The minimum absolute atomic E-state index is 0.298. The Balaban J connectivity index is 2.06. The summed E-state index contributed by atoms with van der Waals surface area (Å²) in [4.78, 5) is 28.2. The number of aromatic nitrogens is 2. The average Bonchev–Trinajstić information content (AvgIpc) is 3.07. The van der Waals surface area contributed by atoms with Gasteiger partial charge in [-0.2, -0.15) is 0 Å². The Morgan fingerprint density at radius 1 is 1.52 bits per heavy atom. The van der Waals surface area contributed by atoms with Crippen molar-refractivity contribution in [1.29, 1.82) is 0 Å². The van der Waals surface area contributed by atoms with Crippen LogP contribution in [0.15, 0.2) is 27.0 Å². The third-order valence-electron chi connectivity index (χ3n) is 3.91. The molecule has 1 aromatic rings. The second-order valence-corrected chi connectivity index (χ2v) is 5.10. The van der Waals surface area contributed by atoms with Crippen LogP contribution in [0.4, 0.5) is 0 Å². The standard InChI is InChI=1S/C12H15N5O6/c1-3-12(15-16-13)8-7(21-11(20-2)22-8)9(23-12)17-5-4-6(18)14-10(17)19/h4-5,7-9,11H,3H2,1-2H3,(H,14,18,19)/t7?,8-,9+,11+,12+/m0/s1. The van der Waals surface area contributed by atoms with Crippen molar-refractivity contribution in [2.45, 2.75) is 44.0 Å². The van der Waals surface area contributed by atoms with Gasteiger partial charge in [-0.1, -0.05) is 12.0 Å². The first-order chi connectivity index (χ1) is 11.0. The van der Waals surface area contributed by atoms with E-state index in [1.54, 1.807) is 6.92 Å². The second kappa shape index (κ2) is 5.80. The van der Waals surface area contributed by atoms with Crippen LogP contribution in [0.2, 0.25) is 0 Å². The summed E-state index contributed by atoms with van der Waals surface area (Å²) in [6.07, 6.45) is -0.845. The number of hydrogen-bond donors (Lipinski definition) is 1. The highest BCUT2D eigenvalue weighted by atomic mass is 16.9. The van der Waals surface area contributed by atoms with E-state index in [1.165, 1.54) is 19.4 Å². The van der Waals surface area contributed by atoms with Crippen molar-refractivity contribution in [3.63, 3.8) is 0 Å². The lowest BCUT2D eigenvalue weighted by Gasteiger charge is -2.27. The van der Waals surface area contributed by atoms with Crippen molar-refractivity contribution in [3.05, 3.63) is 43.5 Å². The van der Waals surface area contributed by atoms with E-state index in [0.29, 0.717) is 6.42 Å². The minimum Gasteiger partial charge on any atom is -0.340 e. The van der Waals surface area contributed by atoms with Gasteiger partial charge >= 0.3 is 5.69 Å². The Morgan fingerprint density at radius 2 is 2.30 bits per heavy atom. The summed E-state index contributed by atoms with van der Waals surface area (Å²) in [6.45, 7) is 0.794. The Kier molecular flexibility index (Phi) is 3.96. The van der Waals surface area contributed by atoms with Crippen LogP contribution in [-0.2, 0) is 18.9 Å². The number of nitrogens with zero attached hydrogens (tertiary/aromatic N) is 4. The zero-order valence-electron chi connectivity index (χ0n) is 12.4. The molecular weight excluding hydrogens is 310 g/mol. The first kappa shape index (κ1) is 15.7. The molecule has 2 aliphatic heterocycles. The number of hydrogen-bond acceptors (Lipinski definition) is 7. The molecule has 11 nitrogen and oxygen atoms in total. The largest absolute Gasteiger partial charge is 0.340 e. The quantitative estimate of drug-likeness (QED) is 0.476. The molecule has 0 spiro atoms. The highest BCUT2D eigenvalue weighted by molar-refractivity contribution is 5.03. The lowest BCUT2D eigenvalue weighted by atomic mass is 10.0. The Hall–Kier alpha value is -2.17. The maximum absolute atomic E-state index is 12.0. The van der Waals surface area contributed by atoms with Gasteiger partial charge in [0, 0.05) is 24.3 Å².